The van der Waals surface area contributed by atoms with Crippen LogP contribution in [0.1, 0.15) is 39.1 Å². The molecule has 0 fully saturated rings. The summed E-state index contributed by atoms with van der Waals surface area (Å²) < 4.78 is 5.49. The van der Waals surface area contributed by atoms with Crippen LogP contribution in [-0.4, -0.2) is 36.7 Å². The molecule has 0 bridgehead atoms. The van der Waals surface area contributed by atoms with Crippen molar-refractivity contribution in [3.05, 3.63) is 143 Å². The van der Waals surface area contributed by atoms with Crippen molar-refractivity contribution in [2.75, 3.05) is 13.1 Å². The number of esters is 1. The van der Waals surface area contributed by atoms with E-state index < -0.39 is 36.2 Å². The Morgan fingerprint density at radius 2 is 1.15 bits per heavy atom. The highest BCUT2D eigenvalue weighted by Crippen LogP contribution is 2.25. The van der Waals surface area contributed by atoms with E-state index in [0.717, 1.165) is 11.1 Å². The summed E-state index contributed by atoms with van der Waals surface area (Å²) in [5, 5.41) is 5.55. The van der Waals surface area contributed by atoms with Crippen molar-refractivity contribution in [3.63, 3.8) is 0 Å². The summed E-state index contributed by atoms with van der Waals surface area (Å²) in [6.07, 6.45) is -1.22. The van der Waals surface area contributed by atoms with Gasteiger partial charge in [-0.3, -0.25) is 19.2 Å². The number of rotatable bonds is 11. The lowest BCUT2D eigenvalue weighted by Gasteiger charge is -2.19. The normalized spacial score (nSPS) is 11.3. The maximum atomic E-state index is 13.1. The second-order valence-electron chi connectivity index (χ2n) is 8.90. The third-order valence-corrected chi connectivity index (χ3v) is 6.35. The minimum absolute atomic E-state index is 0.341. The molecule has 0 spiro atoms. The Bertz CT molecular complexity index is 1410. The number of carbonyl (C=O) groups is 4. The van der Waals surface area contributed by atoms with Crippen LogP contribution in [0.5, 0.6) is 0 Å². The lowest BCUT2D eigenvalue weighted by Crippen LogP contribution is -2.41. The number of benzene rings is 4. The molecule has 2 N–H and O–H groups in total. The minimum atomic E-state index is -1.22. The van der Waals surface area contributed by atoms with E-state index in [0.29, 0.717) is 16.1 Å². The van der Waals surface area contributed by atoms with Crippen molar-refractivity contribution < 1.29 is 23.9 Å². The van der Waals surface area contributed by atoms with E-state index in [-0.39, 0.29) is 12.5 Å². The summed E-state index contributed by atoms with van der Waals surface area (Å²) in [6, 6.07) is 33.3. The molecule has 0 aliphatic carbocycles. The SMILES string of the molecule is O=C(CNC(=O)C(c1ccccc1)c1ccccc1)NCC(=O)O[C@H](C(=O)c1ccccc1)c1ccc(Cl)cc1. The van der Waals surface area contributed by atoms with Gasteiger partial charge in [-0.05, 0) is 23.3 Å². The highest BCUT2D eigenvalue weighted by atomic mass is 35.5. The van der Waals surface area contributed by atoms with Crippen molar-refractivity contribution in [2.45, 2.75) is 12.0 Å². The third kappa shape index (κ3) is 7.65. The average Bonchev–Trinajstić information content (AvgIpc) is 2.99. The zero-order valence-corrected chi connectivity index (χ0v) is 22.2. The lowest BCUT2D eigenvalue weighted by atomic mass is 9.90. The summed E-state index contributed by atoms with van der Waals surface area (Å²) >= 11 is 5.97. The summed E-state index contributed by atoms with van der Waals surface area (Å²) in [6.45, 7) is -0.826. The summed E-state index contributed by atoms with van der Waals surface area (Å²) in [5.41, 5.74) is 2.38. The van der Waals surface area contributed by atoms with Gasteiger partial charge in [0.2, 0.25) is 17.6 Å². The Morgan fingerprint density at radius 1 is 0.625 bits per heavy atom. The van der Waals surface area contributed by atoms with Crippen LogP contribution in [0.4, 0.5) is 0 Å². The number of amides is 2. The fraction of sp³-hybridized carbons (Fsp3) is 0.125. The van der Waals surface area contributed by atoms with E-state index in [2.05, 4.69) is 10.6 Å². The number of hydrogen-bond donors (Lipinski definition) is 2. The molecule has 4 aromatic carbocycles. The first-order valence-corrected chi connectivity index (χ1v) is 13.0. The molecule has 0 radical (unpaired) electrons. The Labute approximate surface area is 237 Å². The highest BCUT2D eigenvalue weighted by Gasteiger charge is 2.27. The molecule has 2 amide bonds. The second kappa shape index (κ2) is 13.9. The third-order valence-electron chi connectivity index (χ3n) is 6.10. The molecule has 0 aliphatic rings. The van der Waals surface area contributed by atoms with Gasteiger partial charge in [0.15, 0.2) is 6.10 Å². The van der Waals surface area contributed by atoms with Crippen LogP contribution in [0.3, 0.4) is 0 Å². The van der Waals surface area contributed by atoms with E-state index in [1.54, 1.807) is 54.6 Å². The molecule has 0 unspecified atom stereocenters. The topological polar surface area (TPSA) is 102 Å². The van der Waals surface area contributed by atoms with Gasteiger partial charge in [0.25, 0.3) is 0 Å². The van der Waals surface area contributed by atoms with Gasteiger partial charge in [-0.1, -0.05) is 115 Å². The van der Waals surface area contributed by atoms with E-state index in [9.17, 15) is 19.2 Å². The highest BCUT2D eigenvalue weighted by molar-refractivity contribution is 6.30. The number of carbonyl (C=O) groups excluding carboxylic acids is 4. The number of ether oxygens (including phenoxy) is 1. The van der Waals surface area contributed by atoms with Gasteiger partial charge < -0.3 is 15.4 Å². The molecule has 202 valence electrons. The van der Waals surface area contributed by atoms with Gasteiger partial charge in [-0.2, -0.15) is 0 Å². The first-order valence-electron chi connectivity index (χ1n) is 12.6. The molecule has 4 rings (SSSR count). The standard InChI is InChI=1S/C32H27ClN2O5/c33-26-18-16-25(17-19-26)31(30(38)24-14-8-3-9-15-24)40-28(37)21-34-27(36)20-35-32(39)29(22-10-4-1-5-11-22)23-12-6-2-7-13-23/h1-19,29,31H,20-21H2,(H,34,36)(H,35,39)/t31-/m0/s1. The molecule has 1 atom stereocenters. The predicted molar refractivity (Wildman–Crippen MR) is 152 cm³/mol. The largest absolute Gasteiger partial charge is 0.448 e. The average molecular weight is 555 g/mol. The van der Waals surface area contributed by atoms with Gasteiger partial charge in [0.1, 0.15) is 6.54 Å². The number of halogens is 1. The Balaban J connectivity index is 1.35. The van der Waals surface area contributed by atoms with E-state index >= 15 is 0 Å². The molecule has 4 aromatic rings. The number of ketones is 1. The first kappa shape index (κ1) is 28.3. The Morgan fingerprint density at radius 3 is 1.70 bits per heavy atom. The van der Waals surface area contributed by atoms with Crippen molar-refractivity contribution in [3.8, 4) is 0 Å². The van der Waals surface area contributed by atoms with Crippen molar-refractivity contribution >= 4 is 35.2 Å². The van der Waals surface area contributed by atoms with Crippen LogP contribution in [0.25, 0.3) is 0 Å². The van der Waals surface area contributed by atoms with Crippen LogP contribution < -0.4 is 10.6 Å². The van der Waals surface area contributed by atoms with Crippen LogP contribution in [0, 0.1) is 0 Å². The molecular formula is C32H27ClN2O5. The fourth-order valence-corrected chi connectivity index (χ4v) is 4.25. The van der Waals surface area contributed by atoms with Gasteiger partial charge in [0.05, 0.1) is 12.5 Å². The first-order chi connectivity index (χ1) is 19.4. The maximum absolute atomic E-state index is 13.1. The van der Waals surface area contributed by atoms with E-state index in [1.165, 1.54) is 0 Å². The second-order valence-corrected chi connectivity index (χ2v) is 9.34. The molecular weight excluding hydrogens is 528 g/mol. The predicted octanol–water partition coefficient (Wildman–Crippen LogP) is 4.87. The Kier molecular flexibility index (Phi) is 9.80. The van der Waals surface area contributed by atoms with Gasteiger partial charge in [-0.25, -0.2) is 0 Å². The molecule has 8 heteroatoms. The van der Waals surface area contributed by atoms with Crippen molar-refractivity contribution in [2.24, 2.45) is 0 Å². The van der Waals surface area contributed by atoms with Crippen LogP contribution in [0.15, 0.2) is 115 Å². The molecule has 0 aliphatic heterocycles. The van der Waals surface area contributed by atoms with Crippen molar-refractivity contribution in [1.29, 1.82) is 0 Å². The lowest BCUT2D eigenvalue weighted by molar-refractivity contribution is -0.147. The molecule has 0 saturated heterocycles. The molecule has 0 aromatic heterocycles. The summed E-state index contributed by atoms with van der Waals surface area (Å²) in [5.74, 6) is -2.77. The summed E-state index contributed by atoms with van der Waals surface area (Å²) in [7, 11) is 0. The number of Topliss-reactive ketones (excluding diaryl/α,β-unsaturated/α-hetero) is 1. The Hall–Kier alpha value is -4.75. The van der Waals surface area contributed by atoms with E-state index in [4.69, 9.17) is 16.3 Å². The smallest absolute Gasteiger partial charge is 0.326 e. The summed E-state index contributed by atoms with van der Waals surface area (Å²) in [4.78, 5) is 51.4. The van der Waals surface area contributed by atoms with Crippen LogP contribution >= 0.6 is 11.6 Å². The van der Waals surface area contributed by atoms with Gasteiger partial charge in [-0.15, -0.1) is 0 Å². The monoisotopic (exact) mass is 554 g/mol. The molecule has 40 heavy (non-hydrogen) atoms. The maximum Gasteiger partial charge on any atom is 0.326 e. The van der Waals surface area contributed by atoms with Crippen LogP contribution in [0.2, 0.25) is 5.02 Å². The number of nitrogens with one attached hydrogen (secondary N) is 2. The van der Waals surface area contributed by atoms with Crippen molar-refractivity contribution in [1.82, 2.24) is 10.6 Å². The quantitative estimate of drug-likeness (QED) is 0.203. The minimum Gasteiger partial charge on any atom is -0.448 e. The number of hydrogen-bond acceptors (Lipinski definition) is 5. The molecule has 0 saturated carbocycles. The molecule has 0 heterocycles. The van der Waals surface area contributed by atoms with Gasteiger partial charge in [0, 0.05) is 16.1 Å². The van der Waals surface area contributed by atoms with E-state index in [1.807, 2.05) is 60.7 Å². The fourth-order valence-electron chi connectivity index (χ4n) is 4.13. The zero-order valence-electron chi connectivity index (χ0n) is 21.5. The molecule has 7 nitrogen and oxygen atoms in total. The van der Waals surface area contributed by atoms with Gasteiger partial charge >= 0.3 is 5.97 Å². The van der Waals surface area contributed by atoms with Crippen LogP contribution in [-0.2, 0) is 19.1 Å². The zero-order chi connectivity index (χ0) is 28.3.